The lowest BCUT2D eigenvalue weighted by molar-refractivity contribution is 0.0268. The smallest absolute Gasteiger partial charge is 0.191 e. The Bertz CT molecular complexity index is 500. The molecular formula is C18H33IN4O. The van der Waals surface area contributed by atoms with Gasteiger partial charge in [0.15, 0.2) is 5.96 Å². The summed E-state index contributed by atoms with van der Waals surface area (Å²) in [5.74, 6) is 0.786. The van der Waals surface area contributed by atoms with E-state index in [2.05, 4.69) is 65.8 Å². The van der Waals surface area contributed by atoms with E-state index in [0.717, 1.165) is 12.5 Å². The maximum atomic E-state index is 5.42. The normalized spacial score (nSPS) is 13.4. The molecule has 0 fully saturated rings. The van der Waals surface area contributed by atoms with Crippen molar-refractivity contribution in [2.45, 2.75) is 32.4 Å². The highest BCUT2D eigenvalue weighted by Gasteiger charge is 2.18. The average Bonchev–Trinajstić information content (AvgIpc) is 2.51. The molecule has 138 valence electrons. The van der Waals surface area contributed by atoms with E-state index < -0.39 is 0 Å². The van der Waals surface area contributed by atoms with E-state index in [-0.39, 0.29) is 35.6 Å². The van der Waals surface area contributed by atoms with Crippen LogP contribution in [0.4, 0.5) is 0 Å². The minimum absolute atomic E-state index is 0. The Balaban J connectivity index is 0.00000529. The Hall–Kier alpha value is -0.860. The zero-order valence-electron chi connectivity index (χ0n) is 16.0. The molecule has 24 heavy (non-hydrogen) atoms. The zero-order valence-corrected chi connectivity index (χ0v) is 18.3. The Morgan fingerprint density at radius 3 is 2.25 bits per heavy atom. The fourth-order valence-electron chi connectivity index (χ4n) is 2.17. The lowest BCUT2D eigenvalue weighted by Crippen LogP contribution is -2.47. The number of hydrogen-bond acceptors (Lipinski definition) is 3. The molecule has 1 atom stereocenters. The summed E-state index contributed by atoms with van der Waals surface area (Å²) in [6.07, 6.45) is 0. The molecule has 1 aromatic carbocycles. The van der Waals surface area contributed by atoms with Crippen LogP contribution in [-0.4, -0.2) is 57.8 Å². The molecule has 0 heterocycles. The molecule has 0 aromatic heterocycles. The molecule has 1 unspecified atom stereocenters. The van der Waals surface area contributed by atoms with Crippen molar-refractivity contribution in [3.8, 4) is 0 Å². The maximum absolute atomic E-state index is 5.42. The maximum Gasteiger partial charge on any atom is 0.191 e. The van der Waals surface area contributed by atoms with Gasteiger partial charge in [-0.05, 0) is 40.4 Å². The predicted octanol–water partition coefficient (Wildman–Crippen LogP) is 2.81. The molecule has 0 aliphatic heterocycles. The SMILES string of the molecule is CN=C(NCC(c1ccc(C)cc1)N(C)C)NCC(C)(C)OC.I. The van der Waals surface area contributed by atoms with Gasteiger partial charge in [-0.3, -0.25) is 4.99 Å². The number of rotatable bonds is 7. The standard InChI is InChI=1S/C18H32N4O.HI/c1-14-8-10-15(11-9-14)16(22(5)6)12-20-17(19-4)21-13-18(2,3)23-7;/h8-11,16H,12-13H2,1-7H3,(H2,19,20,21);1H. The van der Waals surface area contributed by atoms with Crippen molar-refractivity contribution >= 4 is 29.9 Å². The summed E-state index contributed by atoms with van der Waals surface area (Å²) < 4.78 is 5.42. The molecule has 2 N–H and O–H groups in total. The van der Waals surface area contributed by atoms with E-state index in [0.29, 0.717) is 6.54 Å². The molecule has 0 bridgehead atoms. The summed E-state index contributed by atoms with van der Waals surface area (Å²) in [6, 6.07) is 8.96. The van der Waals surface area contributed by atoms with Crippen molar-refractivity contribution < 1.29 is 4.74 Å². The first-order valence-electron chi connectivity index (χ1n) is 8.01. The van der Waals surface area contributed by atoms with Gasteiger partial charge < -0.3 is 20.3 Å². The van der Waals surface area contributed by atoms with E-state index in [1.165, 1.54) is 11.1 Å². The van der Waals surface area contributed by atoms with Gasteiger partial charge in [-0.25, -0.2) is 0 Å². The summed E-state index contributed by atoms with van der Waals surface area (Å²) in [5.41, 5.74) is 2.34. The predicted molar refractivity (Wildman–Crippen MR) is 113 cm³/mol. The van der Waals surface area contributed by atoms with Crippen LogP contribution in [0, 0.1) is 6.92 Å². The number of guanidine groups is 1. The van der Waals surface area contributed by atoms with Gasteiger partial charge in [-0.2, -0.15) is 0 Å². The van der Waals surface area contributed by atoms with Crippen molar-refractivity contribution in [2.75, 3.05) is 41.3 Å². The molecule has 6 heteroatoms. The number of hydrogen-bond donors (Lipinski definition) is 2. The fraction of sp³-hybridized carbons (Fsp3) is 0.611. The van der Waals surface area contributed by atoms with Crippen LogP contribution in [0.2, 0.25) is 0 Å². The van der Waals surface area contributed by atoms with Crippen LogP contribution < -0.4 is 10.6 Å². The lowest BCUT2D eigenvalue weighted by atomic mass is 10.0. The van der Waals surface area contributed by atoms with Crippen LogP contribution in [0.3, 0.4) is 0 Å². The molecule has 0 saturated carbocycles. The number of nitrogens with zero attached hydrogens (tertiary/aromatic N) is 2. The van der Waals surface area contributed by atoms with Crippen LogP contribution in [-0.2, 0) is 4.74 Å². The highest BCUT2D eigenvalue weighted by molar-refractivity contribution is 14.0. The van der Waals surface area contributed by atoms with E-state index in [1.807, 2.05) is 13.8 Å². The quantitative estimate of drug-likeness (QED) is 0.383. The van der Waals surface area contributed by atoms with Crippen molar-refractivity contribution in [1.29, 1.82) is 0 Å². The largest absolute Gasteiger partial charge is 0.377 e. The second kappa shape index (κ2) is 10.9. The highest BCUT2D eigenvalue weighted by atomic mass is 127. The molecule has 0 amide bonds. The van der Waals surface area contributed by atoms with Crippen LogP contribution in [0.5, 0.6) is 0 Å². The van der Waals surface area contributed by atoms with Gasteiger partial charge >= 0.3 is 0 Å². The van der Waals surface area contributed by atoms with Gasteiger partial charge in [-0.15, -0.1) is 24.0 Å². The molecule has 5 nitrogen and oxygen atoms in total. The minimum atomic E-state index is -0.227. The molecule has 1 rings (SSSR count). The molecule has 0 spiro atoms. The first kappa shape index (κ1) is 23.1. The molecule has 0 aliphatic carbocycles. The second-order valence-corrected chi connectivity index (χ2v) is 6.66. The van der Waals surface area contributed by atoms with Gasteiger partial charge in [0.2, 0.25) is 0 Å². The zero-order chi connectivity index (χ0) is 17.5. The average molecular weight is 448 g/mol. The summed E-state index contributed by atoms with van der Waals surface area (Å²) in [5, 5.41) is 6.71. The van der Waals surface area contributed by atoms with Gasteiger partial charge in [0.25, 0.3) is 0 Å². The van der Waals surface area contributed by atoms with Crippen LogP contribution >= 0.6 is 24.0 Å². The third-order valence-corrected chi connectivity index (χ3v) is 4.01. The van der Waals surface area contributed by atoms with Crippen LogP contribution in [0.15, 0.2) is 29.3 Å². The minimum Gasteiger partial charge on any atom is -0.377 e. The van der Waals surface area contributed by atoms with E-state index in [4.69, 9.17) is 4.74 Å². The fourth-order valence-corrected chi connectivity index (χ4v) is 2.17. The van der Waals surface area contributed by atoms with Crippen molar-refractivity contribution in [3.05, 3.63) is 35.4 Å². The molecule has 0 radical (unpaired) electrons. The lowest BCUT2D eigenvalue weighted by Gasteiger charge is -2.28. The molecular weight excluding hydrogens is 415 g/mol. The summed E-state index contributed by atoms with van der Waals surface area (Å²) in [7, 11) is 7.69. The van der Waals surface area contributed by atoms with Crippen LogP contribution in [0.25, 0.3) is 0 Å². The number of ether oxygens (including phenoxy) is 1. The highest BCUT2D eigenvalue weighted by Crippen LogP contribution is 2.17. The molecule has 1 aromatic rings. The van der Waals surface area contributed by atoms with Gasteiger partial charge in [-0.1, -0.05) is 29.8 Å². The summed E-state index contributed by atoms with van der Waals surface area (Å²) in [4.78, 5) is 6.50. The Morgan fingerprint density at radius 1 is 1.21 bits per heavy atom. The van der Waals surface area contributed by atoms with Crippen molar-refractivity contribution in [1.82, 2.24) is 15.5 Å². The van der Waals surface area contributed by atoms with Gasteiger partial charge in [0, 0.05) is 27.2 Å². The first-order chi connectivity index (χ1) is 10.8. The number of halogens is 1. The monoisotopic (exact) mass is 448 g/mol. The summed E-state index contributed by atoms with van der Waals surface area (Å²) >= 11 is 0. The third kappa shape index (κ3) is 7.81. The van der Waals surface area contributed by atoms with Crippen molar-refractivity contribution in [2.24, 2.45) is 4.99 Å². The van der Waals surface area contributed by atoms with Gasteiger partial charge in [0.1, 0.15) is 0 Å². The number of aliphatic imine (C=N–C) groups is 1. The van der Waals surface area contributed by atoms with Gasteiger partial charge in [0.05, 0.1) is 11.6 Å². The number of likely N-dealkylation sites (N-methyl/N-ethyl adjacent to an activating group) is 1. The number of benzene rings is 1. The Kier molecular flexibility index (Phi) is 10.5. The first-order valence-corrected chi connectivity index (χ1v) is 8.01. The number of methoxy groups -OCH3 is 1. The topological polar surface area (TPSA) is 48.9 Å². The van der Waals surface area contributed by atoms with E-state index in [1.54, 1.807) is 14.2 Å². The Labute approximate surface area is 164 Å². The van der Waals surface area contributed by atoms with Crippen molar-refractivity contribution in [3.63, 3.8) is 0 Å². The van der Waals surface area contributed by atoms with Crippen LogP contribution in [0.1, 0.15) is 31.0 Å². The molecule has 0 saturated heterocycles. The number of aryl methyl sites for hydroxylation is 1. The Morgan fingerprint density at radius 2 is 1.79 bits per heavy atom. The number of nitrogens with one attached hydrogen (secondary N) is 2. The van der Waals surface area contributed by atoms with E-state index >= 15 is 0 Å². The summed E-state index contributed by atoms with van der Waals surface area (Å²) in [6.45, 7) is 7.67. The van der Waals surface area contributed by atoms with E-state index in [9.17, 15) is 0 Å². The third-order valence-electron chi connectivity index (χ3n) is 4.01. The second-order valence-electron chi connectivity index (χ2n) is 6.66. The molecule has 0 aliphatic rings.